The van der Waals surface area contributed by atoms with E-state index in [0.29, 0.717) is 11.5 Å². The lowest BCUT2D eigenvalue weighted by Gasteiger charge is -2.21. The highest BCUT2D eigenvalue weighted by atomic mass is 16.6. The van der Waals surface area contributed by atoms with Crippen LogP contribution >= 0.6 is 0 Å². The Morgan fingerprint density at radius 1 is 0.815 bits per heavy atom. The topological polar surface area (TPSA) is 71.1 Å². The molecule has 0 saturated heterocycles. The predicted molar refractivity (Wildman–Crippen MR) is 103 cm³/mol. The zero-order valence-electron chi connectivity index (χ0n) is 17.7. The molecule has 0 fully saturated rings. The summed E-state index contributed by atoms with van der Waals surface area (Å²) in [6.45, 7) is 14.3. The van der Waals surface area contributed by atoms with Crippen LogP contribution in [0.5, 0.6) is 11.5 Å². The van der Waals surface area contributed by atoms with Crippen molar-refractivity contribution in [3.63, 3.8) is 0 Å². The molecule has 0 radical (unpaired) electrons. The molecule has 6 nitrogen and oxygen atoms in total. The van der Waals surface area contributed by atoms with E-state index in [9.17, 15) is 9.59 Å². The van der Waals surface area contributed by atoms with Gasteiger partial charge in [0, 0.05) is 0 Å². The standard InChI is InChI=1S/C21H32O6/c1-14(2)15-9-10-16(24-12-18(22)26-20(3,4)5)17(11-15)25-13-19(23)27-21(6,7)8/h9-11,14H,12-13H2,1-8H3. The summed E-state index contributed by atoms with van der Waals surface area (Å²) in [5.74, 6) is 0.0716. The second kappa shape index (κ2) is 9.11. The van der Waals surface area contributed by atoms with Gasteiger partial charge < -0.3 is 18.9 Å². The van der Waals surface area contributed by atoms with E-state index in [1.165, 1.54) is 0 Å². The SMILES string of the molecule is CC(C)c1ccc(OCC(=O)OC(C)(C)C)c(OCC(=O)OC(C)(C)C)c1. The summed E-state index contributed by atoms with van der Waals surface area (Å²) in [6, 6.07) is 5.43. The minimum Gasteiger partial charge on any atom is -0.478 e. The first-order valence-corrected chi connectivity index (χ1v) is 9.10. The van der Waals surface area contributed by atoms with Gasteiger partial charge >= 0.3 is 11.9 Å². The van der Waals surface area contributed by atoms with E-state index in [1.807, 2.05) is 19.9 Å². The minimum atomic E-state index is -0.587. The second-order valence-electron chi connectivity index (χ2n) is 8.61. The van der Waals surface area contributed by atoms with Crippen LogP contribution in [-0.4, -0.2) is 36.4 Å². The summed E-state index contributed by atoms with van der Waals surface area (Å²) in [5.41, 5.74) is -0.146. The molecular formula is C21H32O6. The van der Waals surface area contributed by atoms with Crippen LogP contribution in [-0.2, 0) is 19.1 Å². The Morgan fingerprint density at radius 2 is 1.26 bits per heavy atom. The zero-order valence-corrected chi connectivity index (χ0v) is 17.7. The van der Waals surface area contributed by atoms with E-state index in [4.69, 9.17) is 18.9 Å². The van der Waals surface area contributed by atoms with Gasteiger partial charge in [-0.05, 0) is 65.2 Å². The van der Waals surface area contributed by atoms with Crippen molar-refractivity contribution < 1.29 is 28.5 Å². The summed E-state index contributed by atoms with van der Waals surface area (Å²) >= 11 is 0. The lowest BCUT2D eigenvalue weighted by Crippen LogP contribution is -2.28. The van der Waals surface area contributed by atoms with Crippen molar-refractivity contribution in [2.45, 2.75) is 72.5 Å². The summed E-state index contributed by atoms with van der Waals surface area (Å²) in [6.07, 6.45) is 0. The van der Waals surface area contributed by atoms with Gasteiger partial charge in [0.15, 0.2) is 24.7 Å². The number of rotatable bonds is 7. The van der Waals surface area contributed by atoms with Gasteiger partial charge in [0.25, 0.3) is 0 Å². The Bertz CT molecular complexity index is 650. The Kier molecular flexibility index (Phi) is 7.69. The molecule has 27 heavy (non-hydrogen) atoms. The fourth-order valence-electron chi connectivity index (χ4n) is 2.13. The normalized spacial score (nSPS) is 11.9. The van der Waals surface area contributed by atoms with Gasteiger partial charge in [0.2, 0.25) is 0 Å². The van der Waals surface area contributed by atoms with Crippen LogP contribution in [0.1, 0.15) is 66.9 Å². The Balaban J connectivity index is 2.84. The third-order valence-corrected chi connectivity index (χ3v) is 3.17. The molecule has 0 aliphatic rings. The number of hydrogen-bond acceptors (Lipinski definition) is 6. The summed E-state index contributed by atoms with van der Waals surface area (Å²) in [5, 5.41) is 0. The molecule has 0 amide bonds. The zero-order chi connectivity index (χ0) is 20.8. The average molecular weight is 380 g/mol. The van der Waals surface area contributed by atoms with Crippen molar-refractivity contribution in [3.8, 4) is 11.5 Å². The highest BCUT2D eigenvalue weighted by molar-refractivity contribution is 5.72. The quantitative estimate of drug-likeness (QED) is 0.659. The van der Waals surface area contributed by atoms with Crippen LogP contribution in [0.2, 0.25) is 0 Å². The Morgan fingerprint density at radius 3 is 1.67 bits per heavy atom. The van der Waals surface area contributed by atoms with Gasteiger partial charge in [-0.25, -0.2) is 9.59 Å². The van der Waals surface area contributed by atoms with E-state index in [2.05, 4.69) is 0 Å². The summed E-state index contributed by atoms with van der Waals surface area (Å²) in [7, 11) is 0. The van der Waals surface area contributed by atoms with Crippen LogP contribution in [0, 0.1) is 0 Å². The molecular weight excluding hydrogens is 348 g/mol. The van der Waals surface area contributed by atoms with Crippen LogP contribution in [0.4, 0.5) is 0 Å². The first-order chi connectivity index (χ1) is 12.3. The molecule has 0 unspecified atom stereocenters. The van der Waals surface area contributed by atoms with Gasteiger partial charge in [-0.3, -0.25) is 0 Å². The largest absolute Gasteiger partial charge is 0.478 e. The maximum atomic E-state index is 11.9. The molecule has 0 heterocycles. The third-order valence-electron chi connectivity index (χ3n) is 3.17. The fourth-order valence-corrected chi connectivity index (χ4v) is 2.13. The molecule has 0 atom stereocenters. The molecule has 0 N–H and O–H groups in total. The van der Waals surface area contributed by atoms with Crippen molar-refractivity contribution >= 4 is 11.9 Å². The molecule has 1 aromatic rings. The predicted octanol–water partition coefficient (Wildman–Crippen LogP) is 4.25. The van der Waals surface area contributed by atoms with Crippen molar-refractivity contribution in [1.82, 2.24) is 0 Å². The number of esters is 2. The Labute approximate surface area is 162 Å². The number of benzene rings is 1. The van der Waals surface area contributed by atoms with Crippen LogP contribution in [0.3, 0.4) is 0 Å². The van der Waals surface area contributed by atoms with Crippen LogP contribution in [0.15, 0.2) is 18.2 Å². The third kappa shape index (κ3) is 9.31. The average Bonchev–Trinajstić information content (AvgIpc) is 2.47. The smallest absolute Gasteiger partial charge is 0.344 e. The lowest BCUT2D eigenvalue weighted by molar-refractivity contribution is -0.158. The molecule has 0 aliphatic heterocycles. The number of carbonyl (C=O) groups excluding carboxylic acids is 2. The number of carbonyl (C=O) groups is 2. The van der Waals surface area contributed by atoms with Gasteiger partial charge in [0.1, 0.15) is 11.2 Å². The molecule has 0 spiro atoms. The van der Waals surface area contributed by atoms with Gasteiger partial charge in [-0.15, -0.1) is 0 Å². The van der Waals surface area contributed by atoms with Crippen LogP contribution < -0.4 is 9.47 Å². The molecule has 1 rings (SSSR count). The number of hydrogen-bond donors (Lipinski definition) is 0. The van der Waals surface area contributed by atoms with E-state index in [0.717, 1.165) is 5.56 Å². The van der Waals surface area contributed by atoms with E-state index >= 15 is 0 Å². The maximum Gasteiger partial charge on any atom is 0.344 e. The van der Waals surface area contributed by atoms with Crippen molar-refractivity contribution in [1.29, 1.82) is 0 Å². The lowest BCUT2D eigenvalue weighted by atomic mass is 10.0. The van der Waals surface area contributed by atoms with Crippen molar-refractivity contribution in [2.24, 2.45) is 0 Å². The Hall–Kier alpha value is -2.24. The fraction of sp³-hybridized carbons (Fsp3) is 0.619. The van der Waals surface area contributed by atoms with Crippen LogP contribution in [0.25, 0.3) is 0 Å². The molecule has 6 heteroatoms. The van der Waals surface area contributed by atoms with Gasteiger partial charge in [-0.1, -0.05) is 19.9 Å². The number of ether oxygens (including phenoxy) is 4. The first-order valence-electron chi connectivity index (χ1n) is 9.10. The van der Waals surface area contributed by atoms with Gasteiger partial charge in [0.05, 0.1) is 0 Å². The highest BCUT2D eigenvalue weighted by Crippen LogP contribution is 2.31. The summed E-state index contributed by atoms with van der Waals surface area (Å²) < 4.78 is 21.7. The highest BCUT2D eigenvalue weighted by Gasteiger charge is 2.20. The second-order valence-corrected chi connectivity index (χ2v) is 8.61. The first kappa shape index (κ1) is 22.8. The van der Waals surface area contributed by atoms with Gasteiger partial charge in [-0.2, -0.15) is 0 Å². The monoisotopic (exact) mass is 380 g/mol. The summed E-state index contributed by atoms with van der Waals surface area (Å²) in [4.78, 5) is 23.8. The molecule has 0 bridgehead atoms. The molecule has 152 valence electrons. The molecule has 1 aromatic carbocycles. The minimum absolute atomic E-state index is 0.248. The molecule has 0 aliphatic carbocycles. The van der Waals surface area contributed by atoms with Crippen molar-refractivity contribution in [2.75, 3.05) is 13.2 Å². The molecule has 0 aromatic heterocycles. The van der Waals surface area contributed by atoms with Crippen molar-refractivity contribution in [3.05, 3.63) is 23.8 Å². The maximum absolute atomic E-state index is 11.9. The molecule has 0 saturated carbocycles. The van der Waals surface area contributed by atoms with E-state index in [1.54, 1.807) is 53.7 Å². The van der Waals surface area contributed by atoms with E-state index < -0.39 is 23.1 Å². The van der Waals surface area contributed by atoms with E-state index in [-0.39, 0.29) is 19.1 Å².